The topological polar surface area (TPSA) is 29.1 Å². The van der Waals surface area contributed by atoms with Gasteiger partial charge in [-0.3, -0.25) is 4.79 Å². The molecule has 2 fully saturated rings. The summed E-state index contributed by atoms with van der Waals surface area (Å²) in [5.41, 5.74) is 0. The Kier molecular flexibility index (Phi) is 4.61. The highest BCUT2D eigenvalue weighted by molar-refractivity contribution is 5.78. The molecule has 17 heavy (non-hydrogen) atoms. The monoisotopic (exact) mass is 237 g/mol. The Morgan fingerprint density at radius 3 is 2.47 bits per heavy atom. The molecule has 2 aliphatic rings. The van der Waals surface area contributed by atoms with Crippen LogP contribution in [0.2, 0.25) is 0 Å². The van der Waals surface area contributed by atoms with Gasteiger partial charge in [-0.25, -0.2) is 0 Å². The van der Waals surface area contributed by atoms with Gasteiger partial charge < -0.3 is 5.32 Å². The summed E-state index contributed by atoms with van der Waals surface area (Å²) in [6, 6.07) is 1.45. The van der Waals surface area contributed by atoms with Gasteiger partial charge in [0.25, 0.3) is 0 Å². The fourth-order valence-corrected chi connectivity index (χ4v) is 3.47. The molecule has 1 N–H and O–H groups in total. The van der Waals surface area contributed by atoms with Gasteiger partial charge in [0.2, 0.25) is 0 Å². The van der Waals surface area contributed by atoms with E-state index in [0.717, 1.165) is 37.3 Å². The summed E-state index contributed by atoms with van der Waals surface area (Å²) in [6.07, 6.45) is 9.12. The molecule has 0 aliphatic carbocycles. The fourth-order valence-electron chi connectivity index (χ4n) is 3.47. The molecule has 0 aromatic rings. The first-order chi connectivity index (χ1) is 8.13. The van der Waals surface area contributed by atoms with Gasteiger partial charge in [0, 0.05) is 24.9 Å². The van der Waals surface area contributed by atoms with Crippen molar-refractivity contribution in [2.75, 3.05) is 0 Å². The minimum atomic E-state index is 0.511. The van der Waals surface area contributed by atoms with Crippen LogP contribution < -0.4 is 5.32 Å². The number of nitrogens with one attached hydrogen (secondary N) is 1. The molecule has 2 heterocycles. The number of ketones is 1. The van der Waals surface area contributed by atoms with Gasteiger partial charge in [-0.2, -0.15) is 0 Å². The largest absolute Gasteiger partial charge is 0.311 e. The minimum absolute atomic E-state index is 0.511. The lowest BCUT2D eigenvalue weighted by Gasteiger charge is -2.28. The van der Waals surface area contributed by atoms with Crippen LogP contribution >= 0.6 is 0 Å². The van der Waals surface area contributed by atoms with Crippen LogP contribution in [0.15, 0.2) is 0 Å². The first-order valence-corrected chi connectivity index (χ1v) is 7.41. The number of hydrogen-bond acceptors (Lipinski definition) is 2. The lowest BCUT2D eigenvalue weighted by atomic mass is 9.87. The lowest BCUT2D eigenvalue weighted by molar-refractivity contribution is -0.120. The molecule has 2 rings (SSSR count). The Morgan fingerprint density at radius 2 is 1.88 bits per heavy atom. The lowest BCUT2D eigenvalue weighted by Crippen LogP contribution is -2.38. The number of carbonyl (C=O) groups is 1. The van der Waals surface area contributed by atoms with E-state index >= 15 is 0 Å². The number of hydrogen-bond donors (Lipinski definition) is 1. The molecule has 2 bridgehead atoms. The normalized spacial score (nSPS) is 32.1. The van der Waals surface area contributed by atoms with Crippen molar-refractivity contribution in [3.05, 3.63) is 0 Å². The Bertz CT molecular complexity index is 250. The highest BCUT2D eigenvalue weighted by Gasteiger charge is 2.33. The average molecular weight is 237 g/mol. The van der Waals surface area contributed by atoms with Crippen LogP contribution in [0.25, 0.3) is 0 Å². The first-order valence-electron chi connectivity index (χ1n) is 7.41. The van der Waals surface area contributed by atoms with Gasteiger partial charge in [-0.05, 0) is 43.9 Å². The van der Waals surface area contributed by atoms with Gasteiger partial charge >= 0.3 is 0 Å². The fraction of sp³-hybridized carbons (Fsp3) is 0.933. The molecule has 2 nitrogen and oxygen atoms in total. The predicted molar refractivity (Wildman–Crippen MR) is 71.0 cm³/mol. The summed E-state index contributed by atoms with van der Waals surface area (Å²) < 4.78 is 0. The third kappa shape index (κ3) is 4.09. The van der Waals surface area contributed by atoms with Gasteiger partial charge in [0.15, 0.2) is 0 Å². The predicted octanol–water partition coefficient (Wildman–Crippen LogP) is 3.30. The molecule has 0 saturated carbocycles. The summed E-state index contributed by atoms with van der Waals surface area (Å²) in [5, 5.41) is 3.64. The number of fused-ring (bicyclic) bond motifs is 2. The van der Waals surface area contributed by atoms with Crippen LogP contribution in [0.3, 0.4) is 0 Å². The molecule has 2 atom stereocenters. The van der Waals surface area contributed by atoms with Crippen molar-refractivity contribution in [3.63, 3.8) is 0 Å². The van der Waals surface area contributed by atoms with Gasteiger partial charge in [-0.15, -0.1) is 0 Å². The summed E-state index contributed by atoms with van der Waals surface area (Å²) in [7, 11) is 0. The van der Waals surface area contributed by atoms with E-state index in [9.17, 15) is 4.79 Å². The van der Waals surface area contributed by atoms with E-state index in [2.05, 4.69) is 19.2 Å². The van der Waals surface area contributed by atoms with E-state index < -0.39 is 0 Å². The van der Waals surface area contributed by atoms with Crippen LogP contribution in [0, 0.1) is 11.8 Å². The zero-order valence-corrected chi connectivity index (χ0v) is 11.4. The zero-order chi connectivity index (χ0) is 12.3. The van der Waals surface area contributed by atoms with Crippen molar-refractivity contribution in [1.82, 2.24) is 5.32 Å². The second-order valence-corrected chi connectivity index (χ2v) is 6.50. The van der Waals surface area contributed by atoms with Gasteiger partial charge in [0.1, 0.15) is 5.78 Å². The molecule has 2 unspecified atom stereocenters. The van der Waals surface area contributed by atoms with Crippen LogP contribution in [0.4, 0.5) is 0 Å². The van der Waals surface area contributed by atoms with Crippen molar-refractivity contribution >= 4 is 5.78 Å². The molecule has 2 heteroatoms. The van der Waals surface area contributed by atoms with Crippen molar-refractivity contribution < 1.29 is 4.79 Å². The van der Waals surface area contributed by atoms with Crippen molar-refractivity contribution in [1.29, 1.82) is 0 Å². The second kappa shape index (κ2) is 5.99. The maximum atomic E-state index is 11.9. The maximum absolute atomic E-state index is 11.9. The molecule has 0 amide bonds. The van der Waals surface area contributed by atoms with Crippen molar-refractivity contribution in [3.8, 4) is 0 Å². The van der Waals surface area contributed by atoms with Crippen LogP contribution in [-0.2, 0) is 4.79 Å². The van der Waals surface area contributed by atoms with Crippen LogP contribution in [0.1, 0.15) is 65.2 Å². The molecular formula is C15H27NO. The van der Waals surface area contributed by atoms with Gasteiger partial charge in [-0.1, -0.05) is 20.3 Å². The molecule has 2 aliphatic heterocycles. The van der Waals surface area contributed by atoms with Crippen LogP contribution in [0.5, 0.6) is 0 Å². The Morgan fingerprint density at radius 1 is 1.24 bits per heavy atom. The number of carbonyl (C=O) groups excluding carboxylic acids is 1. The molecule has 98 valence electrons. The number of rotatable bonds is 6. The van der Waals surface area contributed by atoms with E-state index in [1.165, 1.54) is 32.1 Å². The summed E-state index contributed by atoms with van der Waals surface area (Å²) >= 11 is 0. The number of piperidine rings is 1. The molecule has 0 aromatic heterocycles. The highest BCUT2D eigenvalue weighted by Crippen LogP contribution is 2.33. The Balaban J connectivity index is 1.65. The smallest absolute Gasteiger partial charge is 0.133 e. The SMILES string of the molecule is CC(C)CCCC(=O)CC1CC2CCC(C1)N2. The third-order valence-corrected chi connectivity index (χ3v) is 4.32. The highest BCUT2D eigenvalue weighted by atomic mass is 16.1. The molecule has 0 radical (unpaired) electrons. The zero-order valence-electron chi connectivity index (χ0n) is 11.4. The van der Waals surface area contributed by atoms with Gasteiger partial charge in [0.05, 0.1) is 0 Å². The summed E-state index contributed by atoms with van der Waals surface area (Å²) in [5.74, 6) is 1.93. The average Bonchev–Trinajstić information content (AvgIpc) is 2.57. The van der Waals surface area contributed by atoms with E-state index in [4.69, 9.17) is 0 Å². The molecule has 0 aromatic carbocycles. The second-order valence-electron chi connectivity index (χ2n) is 6.50. The van der Waals surface area contributed by atoms with E-state index in [0.29, 0.717) is 11.7 Å². The van der Waals surface area contributed by atoms with Crippen molar-refractivity contribution in [2.45, 2.75) is 77.3 Å². The Hall–Kier alpha value is -0.370. The molecule has 0 spiro atoms. The molecular weight excluding hydrogens is 210 g/mol. The quantitative estimate of drug-likeness (QED) is 0.768. The van der Waals surface area contributed by atoms with E-state index in [1.807, 2.05) is 0 Å². The van der Waals surface area contributed by atoms with E-state index in [-0.39, 0.29) is 0 Å². The molecule has 2 saturated heterocycles. The third-order valence-electron chi connectivity index (χ3n) is 4.32. The maximum Gasteiger partial charge on any atom is 0.133 e. The number of Topliss-reactive ketones (excluding diaryl/α,β-unsaturated/α-hetero) is 1. The standard InChI is InChI=1S/C15H27NO/c1-11(2)4-3-5-15(17)10-12-8-13-6-7-14(9-12)16-13/h11-14,16H,3-10H2,1-2H3. The van der Waals surface area contributed by atoms with E-state index in [1.54, 1.807) is 0 Å². The van der Waals surface area contributed by atoms with Crippen LogP contribution in [-0.4, -0.2) is 17.9 Å². The minimum Gasteiger partial charge on any atom is -0.311 e. The first kappa shape index (κ1) is 13.1. The van der Waals surface area contributed by atoms with Crippen molar-refractivity contribution in [2.24, 2.45) is 11.8 Å². The summed E-state index contributed by atoms with van der Waals surface area (Å²) in [6.45, 7) is 4.46. The summed E-state index contributed by atoms with van der Waals surface area (Å²) in [4.78, 5) is 11.9. The Labute approximate surface area is 106 Å².